The van der Waals surface area contributed by atoms with Crippen LogP contribution in [0.25, 0.3) is 5.69 Å². The molecule has 1 aliphatic carbocycles. The monoisotopic (exact) mass is 417 g/mol. The van der Waals surface area contributed by atoms with E-state index in [1.807, 2.05) is 48.5 Å². The molecule has 28 heavy (non-hydrogen) atoms. The molecule has 0 aliphatic heterocycles. The number of nitrogen functional groups attached to an aromatic ring is 1. The summed E-state index contributed by atoms with van der Waals surface area (Å²) in [5.74, 6) is 1.03. The molecule has 1 fully saturated rings. The first-order valence-electron chi connectivity index (χ1n) is 8.96. The van der Waals surface area contributed by atoms with Gasteiger partial charge in [-0.3, -0.25) is 4.79 Å². The van der Waals surface area contributed by atoms with Crippen molar-refractivity contribution >= 4 is 35.6 Å². The average Bonchev–Trinajstić information content (AvgIpc) is 3.42. The normalized spacial score (nSPS) is 13.0. The van der Waals surface area contributed by atoms with Gasteiger partial charge in [0.2, 0.25) is 5.82 Å². The summed E-state index contributed by atoms with van der Waals surface area (Å²) in [6.45, 7) is 0.502. The first kappa shape index (κ1) is 20.2. The van der Waals surface area contributed by atoms with Crippen LogP contribution in [0, 0.1) is 0 Å². The molecule has 0 radical (unpaired) electrons. The highest BCUT2D eigenvalue weighted by atomic mass is 35.5. The van der Waals surface area contributed by atoms with Gasteiger partial charge in [0, 0.05) is 18.2 Å². The van der Waals surface area contributed by atoms with Crippen LogP contribution < -0.4 is 11.1 Å². The molecule has 3 aromatic rings. The van der Waals surface area contributed by atoms with E-state index in [2.05, 4.69) is 15.4 Å². The zero-order valence-corrected chi connectivity index (χ0v) is 16.7. The van der Waals surface area contributed by atoms with Gasteiger partial charge in [0.05, 0.1) is 10.7 Å². The molecule has 0 saturated heterocycles. The number of aromatic nitrogens is 3. The summed E-state index contributed by atoms with van der Waals surface area (Å²) < 4.78 is 1.70. The van der Waals surface area contributed by atoms with E-state index in [1.54, 1.807) is 4.68 Å². The van der Waals surface area contributed by atoms with Crippen molar-refractivity contribution in [2.75, 3.05) is 12.3 Å². The van der Waals surface area contributed by atoms with Gasteiger partial charge in [-0.15, -0.1) is 17.5 Å². The first-order chi connectivity index (χ1) is 13.1. The van der Waals surface area contributed by atoms with Gasteiger partial charge >= 0.3 is 0 Å². The molecule has 1 aromatic heterocycles. The fourth-order valence-corrected chi connectivity index (χ4v) is 3.13. The van der Waals surface area contributed by atoms with E-state index in [1.165, 1.54) is 0 Å². The van der Waals surface area contributed by atoms with Crippen LogP contribution in [0.2, 0.25) is 5.02 Å². The van der Waals surface area contributed by atoms with Crippen molar-refractivity contribution < 1.29 is 4.79 Å². The highest BCUT2D eigenvalue weighted by molar-refractivity contribution is 6.32. The van der Waals surface area contributed by atoms with Crippen LogP contribution in [0.4, 0.5) is 5.69 Å². The maximum Gasteiger partial charge on any atom is 0.290 e. The van der Waals surface area contributed by atoms with Crippen LogP contribution in [0.1, 0.15) is 40.8 Å². The van der Waals surface area contributed by atoms with Gasteiger partial charge in [-0.25, -0.2) is 9.67 Å². The van der Waals surface area contributed by atoms with Crippen LogP contribution in [-0.2, 0) is 6.42 Å². The summed E-state index contributed by atoms with van der Waals surface area (Å²) >= 11 is 6.31. The molecular weight excluding hydrogens is 397 g/mol. The Balaban J connectivity index is 0.00000225. The van der Waals surface area contributed by atoms with Crippen LogP contribution in [0.3, 0.4) is 0 Å². The van der Waals surface area contributed by atoms with E-state index in [0.717, 1.165) is 35.6 Å². The van der Waals surface area contributed by atoms with Crippen LogP contribution >= 0.6 is 24.0 Å². The Morgan fingerprint density at radius 3 is 2.57 bits per heavy atom. The Kier molecular flexibility index (Phi) is 6.21. The molecule has 1 saturated carbocycles. The Hall–Kier alpha value is -2.57. The van der Waals surface area contributed by atoms with E-state index < -0.39 is 0 Å². The molecule has 0 atom stereocenters. The summed E-state index contributed by atoms with van der Waals surface area (Å²) in [5, 5.41) is 7.90. The average molecular weight is 418 g/mol. The number of carbonyl (C=O) groups is 1. The predicted octanol–water partition coefficient (Wildman–Crippen LogP) is 3.77. The standard InChI is InChI=1S/C20H20ClN5O.ClH/c21-16-3-1-2-4-17(16)26-19(14-7-8-14)24-18(25-26)20(27)23-12-11-13-5-9-15(22)10-6-13;/h1-6,9-10,14H,7-8,11-12,22H2,(H,23,27);1H. The van der Waals surface area contributed by atoms with Crippen molar-refractivity contribution in [2.45, 2.75) is 25.2 Å². The lowest BCUT2D eigenvalue weighted by Gasteiger charge is -2.06. The van der Waals surface area contributed by atoms with Crippen molar-refractivity contribution in [1.29, 1.82) is 0 Å². The largest absolute Gasteiger partial charge is 0.399 e. The molecule has 0 bridgehead atoms. The molecule has 1 amide bonds. The van der Waals surface area contributed by atoms with Gasteiger partial charge in [-0.2, -0.15) is 0 Å². The van der Waals surface area contributed by atoms with E-state index >= 15 is 0 Å². The number of nitrogens with zero attached hydrogens (tertiary/aromatic N) is 3. The van der Waals surface area contributed by atoms with Gasteiger partial charge < -0.3 is 11.1 Å². The minimum atomic E-state index is -0.279. The predicted molar refractivity (Wildman–Crippen MR) is 112 cm³/mol. The summed E-state index contributed by atoms with van der Waals surface area (Å²) in [5.41, 5.74) is 8.27. The van der Waals surface area contributed by atoms with E-state index in [4.69, 9.17) is 17.3 Å². The maximum absolute atomic E-state index is 12.5. The Bertz CT molecular complexity index is 967. The Morgan fingerprint density at radius 2 is 1.89 bits per heavy atom. The SMILES string of the molecule is Cl.Nc1ccc(CCNC(=O)c2nc(C3CC3)n(-c3ccccc3Cl)n2)cc1. The Labute approximate surface area is 174 Å². The minimum Gasteiger partial charge on any atom is -0.399 e. The first-order valence-corrected chi connectivity index (χ1v) is 9.34. The van der Waals surface area contributed by atoms with Crippen molar-refractivity contribution in [3.63, 3.8) is 0 Å². The van der Waals surface area contributed by atoms with Crippen molar-refractivity contribution in [3.8, 4) is 5.69 Å². The minimum absolute atomic E-state index is 0. The number of carbonyl (C=O) groups excluding carboxylic acids is 1. The molecule has 1 aliphatic rings. The third-order valence-corrected chi connectivity index (χ3v) is 4.86. The zero-order valence-electron chi connectivity index (χ0n) is 15.1. The molecule has 6 nitrogen and oxygen atoms in total. The van der Waals surface area contributed by atoms with Gasteiger partial charge in [-0.1, -0.05) is 35.9 Å². The number of hydrogen-bond donors (Lipinski definition) is 2. The summed E-state index contributed by atoms with van der Waals surface area (Å²) in [6, 6.07) is 15.1. The second-order valence-electron chi connectivity index (χ2n) is 6.68. The van der Waals surface area contributed by atoms with E-state index in [-0.39, 0.29) is 24.1 Å². The number of amides is 1. The van der Waals surface area contributed by atoms with Crippen LogP contribution in [0.5, 0.6) is 0 Å². The van der Waals surface area contributed by atoms with Crippen LogP contribution in [0.15, 0.2) is 48.5 Å². The zero-order chi connectivity index (χ0) is 18.8. The smallest absolute Gasteiger partial charge is 0.290 e. The summed E-state index contributed by atoms with van der Waals surface area (Å²) in [4.78, 5) is 17.0. The number of anilines is 1. The third-order valence-electron chi connectivity index (χ3n) is 4.54. The molecule has 0 spiro atoms. The van der Waals surface area contributed by atoms with Crippen LogP contribution in [-0.4, -0.2) is 27.2 Å². The lowest BCUT2D eigenvalue weighted by atomic mass is 10.1. The van der Waals surface area contributed by atoms with Gasteiger partial charge in [0.15, 0.2) is 0 Å². The lowest BCUT2D eigenvalue weighted by Crippen LogP contribution is -2.27. The second-order valence-corrected chi connectivity index (χ2v) is 7.09. The highest BCUT2D eigenvalue weighted by Crippen LogP contribution is 2.40. The number of hydrogen-bond acceptors (Lipinski definition) is 4. The molecule has 2 aromatic carbocycles. The molecule has 4 rings (SSSR count). The van der Waals surface area contributed by atoms with E-state index in [0.29, 0.717) is 23.9 Å². The number of halogens is 2. The van der Waals surface area contributed by atoms with Gasteiger partial charge in [-0.05, 0) is 49.1 Å². The molecule has 146 valence electrons. The number of rotatable bonds is 6. The molecule has 0 unspecified atom stereocenters. The van der Waals surface area contributed by atoms with Crippen molar-refractivity contribution in [3.05, 3.63) is 70.8 Å². The number of para-hydroxylation sites is 1. The summed E-state index contributed by atoms with van der Waals surface area (Å²) in [7, 11) is 0. The lowest BCUT2D eigenvalue weighted by molar-refractivity contribution is 0.0944. The number of nitrogens with two attached hydrogens (primary N) is 1. The molecular formula is C20H21Cl2N5O. The maximum atomic E-state index is 12.5. The topological polar surface area (TPSA) is 85.8 Å². The number of nitrogens with one attached hydrogen (secondary N) is 1. The van der Waals surface area contributed by atoms with Gasteiger partial charge in [0.1, 0.15) is 5.82 Å². The van der Waals surface area contributed by atoms with Crippen molar-refractivity contribution in [2.24, 2.45) is 0 Å². The third kappa shape index (κ3) is 4.46. The van der Waals surface area contributed by atoms with E-state index in [9.17, 15) is 4.79 Å². The fourth-order valence-electron chi connectivity index (χ4n) is 2.91. The summed E-state index contributed by atoms with van der Waals surface area (Å²) in [6.07, 6.45) is 2.83. The molecule has 8 heteroatoms. The fraction of sp³-hybridized carbons (Fsp3) is 0.250. The number of benzene rings is 2. The van der Waals surface area contributed by atoms with Crippen molar-refractivity contribution in [1.82, 2.24) is 20.1 Å². The quantitative estimate of drug-likeness (QED) is 0.597. The molecule has 1 heterocycles. The molecule has 3 N–H and O–H groups in total. The highest BCUT2D eigenvalue weighted by Gasteiger charge is 2.31. The van der Waals surface area contributed by atoms with Gasteiger partial charge in [0.25, 0.3) is 5.91 Å². The second kappa shape index (κ2) is 8.63. The Morgan fingerprint density at radius 1 is 1.18 bits per heavy atom.